The predicted molar refractivity (Wildman–Crippen MR) is 71.8 cm³/mol. The van der Waals surface area contributed by atoms with Crippen molar-refractivity contribution in [2.24, 2.45) is 5.92 Å². The van der Waals surface area contributed by atoms with Gasteiger partial charge >= 0.3 is 0 Å². The summed E-state index contributed by atoms with van der Waals surface area (Å²) in [7, 11) is 0. The van der Waals surface area contributed by atoms with Crippen LogP contribution in [0.25, 0.3) is 0 Å². The molecule has 2 unspecified atom stereocenters. The molecule has 0 aromatic heterocycles. The summed E-state index contributed by atoms with van der Waals surface area (Å²) in [5.74, 6) is 0.621. The van der Waals surface area contributed by atoms with Gasteiger partial charge in [0.05, 0.1) is 6.61 Å². The molecule has 17 heavy (non-hydrogen) atoms. The summed E-state index contributed by atoms with van der Waals surface area (Å²) in [5, 5.41) is 4.97. The molecule has 4 heteroatoms. The number of halogens is 2. The maximum atomic E-state index is 6.16. The van der Waals surface area contributed by atoms with E-state index in [-0.39, 0.29) is 6.04 Å². The Balaban J connectivity index is 1.93. The van der Waals surface area contributed by atoms with Crippen LogP contribution in [0.1, 0.15) is 24.9 Å². The summed E-state index contributed by atoms with van der Waals surface area (Å²) in [6, 6.07) is 5.79. The fraction of sp³-hybridized carbons (Fsp3) is 0.538. The van der Waals surface area contributed by atoms with Gasteiger partial charge in [0.2, 0.25) is 0 Å². The molecule has 0 aliphatic carbocycles. The van der Waals surface area contributed by atoms with Crippen LogP contribution in [0.3, 0.4) is 0 Å². The van der Waals surface area contributed by atoms with Gasteiger partial charge in [-0.05, 0) is 43.0 Å². The largest absolute Gasteiger partial charge is 0.381 e. The first-order valence-corrected chi connectivity index (χ1v) is 6.68. The second kappa shape index (κ2) is 6.05. The molecule has 1 heterocycles. The number of rotatable bonds is 4. The average Bonchev–Trinajstić information content (AvgIpc) is 2.82. The number of benzene rings is 1. The Labute approximate surface area is 112 Å². The van der Waals surface area contributed by atoms with Crippen molar-refractivity contribution >= 4 is 23.2 Å². The maximum Gasteiger partial charge on any atom is 0.0507 e. The Morgan fingerprint density at radius 1 is 1.47 bits per heavy atom. The van der Waals surface area contributed by atoms with Crippen molar-refractivity contribution in [2.45, 2.75) is 19.4 Å². The predicted octanol–water partition coefficient (Wildman–Crippen LogP) is 3.68. The highest BCUT2D eigenvalue weighted by molar-refractivity contribution is 6.33. The standard InChI is InChI=1S/C13H17Cl2NO/c1-9(16-7-10-4-5-17-8-10)12-6-11(14)2-3-13(12)15/h2-3,6,9-10,16H,4-5,7-8H2,1H3. The summed E-state index contributed by atoms with van der Waals surface area (Å²) in [6.45, 7) is 4.82. The molecule has 94 valence electrons. The van der Waals surface area contributed by atoms with Crippen molar-refractivity contribution in [3.8, 4) is 0 Å². The fourth-order valence-corrected chi connectivity index (χ4v) is 2.51. The van der Waals surface area contributed by atoms with Gasteiger partial charge in [-0.1, -0.05) is 23.2 Å². The Hall–Kier alpha value is -0.280. The van der Waals surface area contributed by atoms with Gasteiger partial charge in [-0.15, -0.1) is 0 Å². The molecule has 0 bridgehead atoms. The van der Waals surface area contributed by atoms with Crippen LogP contribution in [0.2, 0.25) is 10.0 Å². The van der Waals surface area contributed by atoms with Gasteiger partial charge in [0.15, 0.2) is 0 Å². The topological polar surface area (TPSA) is 21.3 Å². The van der Waals surface area contributed by atoms with E-state index in [4.69, 9.17) is 27.9 Å². The zero-order valence-corrected chi connectivity index (χ0v) is 11.4. The van der Waals surface area contributed by atoms with E-state index in [2.05, 4.69) is 12.2 Å². The lowest BCUT2D eigenvalue weighted by Crippen LogP contribution is -2.26. The second-order valence-electron chi connectivity index (χ2n) is 4.53. The van der Waals surface area contributed by atoms with Gasteiger partial charge in [0, 0.05) is 29.2 Å². The maximum absolute atomic E-state index is 6.16. The van der Waals surface area contributed by atoms with Crippen LogP contribution >= 0.6 is 23.2 Å². The van der Waals surface area contributed by atoms with E-state index < -0.39 is 0 Å². The minimum atomic E-state index is 0.210. The third-order valence-electron chi connectivity index (χ3n) is 3.16. The van der Waals surface area contributed by atoms with Crippen molar-refractivity contribution < 1.29 is 4.74 Å². The van der Waals surface area contributed by atoms with Gasteiger partial charge in [0.25, 0.3) is 0 Å². The summed E-state index contributed by atoms with van der Waals surface area (Å²) < 4.78 is 5.35. The molecule has 0 amide bonds. The molecule has 1 aromatic rings. The summed E-state index contributed by atoms with van der Waals surface area (Å²) in [4.78, 5) is 0. The zero-order chi connectivity index (χ0) is 12.3. The zero-order valence-electron chi connectivity index (χ0n) is 9.88. The molecule has 0 spiro atoms. The lowest BCUT2D eigenvalue weighted by molar-refractivity contribution is 0.184. The molecular formula is C13H17Cl2NO. The van der Waals surface area contributed by atoms with E-state index in [1.807, 2.05) is 18.2 Å². The van der Waals surface area contributed by atoms with E-state index in [1.54, 1.807) is 0 Å². The quantitative estimate of drug-likeness (QED) is 0.904. The summed E-state index contributed by atoms with van der Waals surface area (Å²) in [5.41, 5.74) is 1.05. The molecule has 1 aliphatic rings. The normalized spacial score (nSPS) is 21.7. The van der Waals surface area contributed by atoms with Crippen LogP contribution in [0, 0.1) is 5.92 Å². The first-order valence-electron chi connectivity index (χ1n) is 5.93. The van der Waals surface area contributed by atoms with E-state index >= 15 is 0 Å². The van der Waals surface area contributed by atoms with Gasteiger partial charge < -0.3 is 10.1 Å². The molecule has 0 saturated carbocycles. The highest BCUT2D eigenvalue weighted by Gasteiger charge is 2.17. The third kappa shape index (κ3) is 3.59. The van der Waals surface area contributed by atoms with Crippen LogP contribution in [-0.4, -0.2) is 19.8 Å². The second-order valence-corrected chi connectivity index (χ2v) is 5.37. The highest BCUT2D eigenvalue weighted by atomic mass is 35.5. The van der Waals surface area contributed by atoms with Gasteiger partial charge in [-0.2, -0.15) is 0 Å². The van der Waals surface area contributed by atoms with Crippen LogP contribution in [0.4, 0.5) is 0 Å². The first-order chi connectivity index (χ1) is 8.16. The van der Waals surface area contributed by atoms with Gasteiger partial charge in [-0.25, -0.2) is 0 Å². The van der Waals surface area contributed by atoms with E-state index in [9.17, 15) is 0 Å². The van der Waals surface area contributed by atoms with Crippen LogP contribution < -0.4 is 5.32 Å². The fourth-order valence-electron chi connectivity index (χ4n) is 2.04. The van der Waals surface area contributed by atoms with Gasteiger partial charge in [-0.3, -0.25) is 0 Å². The minimum absolute atomic E-state index is 0.210. The molecule has 1 aliphatic heterocycles. The number of hydrogen-bond donors (Lipinski definition) is 1. The van der Waals surface area contributed by atoms with E-state index in [0.717, 1.165) is 41.8 Å². The van der Waals surface area contributed by atoms with E-state index in [0.29, 0.717) is 5.92 Å². The summed E-state index contributed by atoms with van der Waals surface area (Å²) in [6.07, 6.45) is 1.14. The van der Waals surface area contributed by atoms with Gasteiger partial charge in [0.1, 0.15) is 0 Å². The molecule has 1 fully saturated rings. The lowest BCUT2D eigenvalue weighted by Gasteiger charge is -2.18. The number of hydrogen-bond acceptors (Lipinski definition) is 2. The average molecular weight is 274 g/mol. The van der Waals surface area contributed by atoms with E-state index in [1.165, 1.54) is 0 Å². The molecule has 1 N–H and O–H groups in total. The van der Waals surface area contributed by atoms with Crippen molar-refractivity contribution in [2.75, 3.05) is 19.8 Å². The van der Waals surface area contributed by atoms with Crippen molar-refractivity contribution in [3.05, 3.63) is 33.8 Å². The van der Waals surface area contributed by atoms with Crippen molar-refractivity contribution in [1.29, 1.82) is 0 Å². The van der Waals surface area contributed by atoms with Crippen LogP contribution in [0.5, 0.6) is 0 Å². The van der Waals surface area contributed by atoms with Crippen LogP contribution in [-0.2, 0) is 4.74 Å². The Morgan fingerprint density at radius 2 is 2.29 bits per heavy atom. The molecular weight excluding hydrogens is 257 g/mol. The first kappa shape index (κ1) is 13.2. The number of ether oxygens (including phenoxy) is 1. The lowest BCUT2D eigenvalue weighted by atomic mass is 10.1. The van der Waals surface area contributed by atoms with Crippen molar-refractivity contribution in [3.63, 3.8) is 0 Å². The number of nitrogens with one attached hydrogen (secondary N) is 1. The SMILES string of the molecule is CC(NCC1CCOC1)c1cc(Cl)ccc1Cl. The molecule has 1 aromatic carbocycles. The van der Waals surface area contributed by atoms with Crippen molar-refractivity contribution in [1.82, 2.24) is 5.32 Å². The Bertz CT molecular complexity index is 378. The molecule has 0 radical (unpaired) electrons. The molecule has 2 nitrogen and oxygen atoms in total. The molecule has 2 atom stereocenters. The highest BCUT2D eigenvalue weighted by Crippen LogP contribution is 2.26. The Kier molecular flexibility index (Phi) is 4.69. The molecule has 2 rings (SSSR count). The smallest absolute Gasteiger partial charge is 0.0507 e. The minimum Gasteiger partial charge on any atom is -0.381 e. The third-order valence-corrected chi connectivity index (χ3v) is 3.74. The Morgan fingerprint density at radius 3 is 3.00 bits per heavy atom. The molecule has 1 saturated heterocycles. The monoisotopic (exact) mass is 273 g/mol. The van der Waals surface area contributed by atoms with Crippen LogP contribution in [0.15, 0.2) is 18.2 Å². The summed E-state index contributed by atoms with van der Waals surface area (Å²) >= 11 is 12.1.